The zero-order valence-corrected chi connectivity index (χ0v) is 18.1. The third-order valence-corrected chi connectivity index (χ3v) is 6.59. The fourth-order valence-corrected chi connectivity index (χ4v) is 5.11. The van der Waals surface area contributed by atoms with Crippen LogP contribution in [0.15, 0.2) is 54.6 Å². The molecule has 1 aliphatic carbocycles. The first-order chi connectivity index (χ1) is 13.8. The minimum Gasteiger partial charge on any atom is -0.247 e. The van der Waals surface area contributed by atoms with E-state index in [2.05, 4.69) is 96.1 Å². The van der Waals surface area contributed by atoms with Gasteiger partial charge < -0.3 is 0 Å². The molecule has 0 fully saturated rings. The van der Waals surface area contributed by atoms with Gasteiger partial charge in [-0.25, -0.2) is 4.98 Å². The van der Waals surface area contributed by atoms with Crippen LogP contribution in [0.1, 0.15) is 47.2 Å². The van der Waals surface area contributed by atoms with E-state index in [0.29, 0.717) is 0 Å². The molecule has 0 bridgehead atoms. The van der Waals surface area contributed by atoms with Gasteiger partial charge in [0.25, 0.3) is 0 Å². The molecule has 0 radical (unpaired) electrons. The summed E-state index contributed by atoms with van der Waals surface area (Å²) in [6, 6.07) is 20.3. The summed E-state index contributed by atoms with van der Waals surface area (Å²) >= 11 is 0. The molecule has 1 heteroatoms. The molecule has 0 unspecified atom stereocenters. The van der Waals surface area contributed by atoms with E-state index in [1.54, 1.807) is 0 Å². The Kier molecular flexibility index (Phi) is 3.77. The van der Waals surface area contributed by atoms with Gasteiger partial charge in [-0.05, 0) is 85.3 Å². The van der Waals surface area contributed by atoms with Crippen molar-refractivity contribution >= 4 is 10.9 Å². The van der Waals surface area contributed by atoms with Gasteiger partial charge >= 0.3 is 0 Å². The minimum absolute atomic E-state index is 0.0844. The van der Waals surface area contributed by atoms with Crippen molar-refractivity contribution in [2.24, 2.45) is 0 Å². The summed E-state index contributed by atoms with van der Waals surface area (Å²) in [6.07, 6.45) is 0. The molecule has 1 heterocycles. The Hall–Kier alpha value is -2.93. The first-order valence-corrected chi connectivity index (χ1v) is 10.4. The van der Waals surface area contributed by atoms with Crippen LogP contribution >= 0.6 is 0 Å². The highest BCUT2D eigenvalue weighted by Crippen LogP contribution is 2.54. The van der Waals surface area contributed by atoms with Gasteiger partial charge in [0.2, 0.25) is 0 Å². The molecule has 4 aromatic rings. The van der Waals surface area contributed by atoms with Crippen LogP contribution in [0, 0.1) is 27.7 Å². The lowest BCUT2D eigenvalue weighted by Crippen LogP contribution is -2.17. The number of hydrogen-bond donors (Lipinski definition) is 0. The Morgan fingerprint density at radius 2 is 1.41 bits per heavy atom. The van der Waals surface area contributed by atoms with Crippen molar-refractivity contribution in [3.05, 3.63) is 88.0 Å². The summed E-state index contributed by atoms with van der Waals surface area (Å²) in [6.45, 7) is 13.4. The summed E-state index contributed by atoms with van der Waals surface area (Å²) in [4.78, 5) is 5.28. The SMILES string of the molecule is Cc1cc(C)cc(-c2nc3cc(C)c(C)cc3c3c2C(C)(C)c2ccccc2-3)c1. The number of benzene rings is 3. The van der Waals surface area contributed by atoms with Crippen LogP contribution in [0.3, 0.4) is 0 Å². The van der Waals surface area contributed by atoms with Crippen LogP contribution in [-0.4, -0.2) is 4.98 Å². The fourth-order valence-electron chi connectivity index (χ4n) is 5.11. The maximum Gasteiger partial charge on any atom is 0.0756 e. The Morgan fingerprint density at radius 3 is 2.14 bits per heavy atom. The summed E-state index contributed by atoms with van der Waals surface area (Å²) in [5, 5.41) is 1.27. The fraction of sp³-hybridized carbons (Fsp3) is 0.250. The zero-order chi connectivity index (χ0) is 20.5. The van der Waals surface area contributed by atoms with Crippen LogP contribution in [0.4, 0.5) is 0 Å². The van der Waals surface area contributed by atoms with Gasteiger partial charge in [0, 0.05) is 16.4 Å². The van der Waals surface area contributed by atoms with Gasteiger partial charge in [-0.3, -0.25) is 0 Å². The normalized spacial score (nSPS) is 14.1. The van der Waals surface area contributed by atoms with Gasteiger partial charge in [0.1, 0.15) is 0 Å². The Balaban J connectivity index is 1.99. The Bertz CT molecular complexity index is 1290. The smallest absolute Gasteiger partial charge is 0.0756 e. The van der Waals surface area contributed by atoms with Gasteiger partial charge in [0.15, 0.2) is 0 Å². The number of pyridine rings is 1. The third-order valence-electron chi connectivity index (χ3n) is 6.59. The second-order valence-electron chi connectivity index (χ2n) is 9.21. The molecule has 3 aromatic carbocycles. The van der Waals surface area contributed by atoms with Crippen molar-refractivity contribution in [2.75, 3.05) is 0 Å². The van der Waals surface area contributed by atoms with Gasteiger partial charge in [-0.2, -0.15) is 0 Å². The maximum atomic E-state index is 5.28. The zero-order valence-electron chi connectivity index (χ0n) is 18.1. The first kappa shape index (κ1) is 18.1. The lowest BCUT2D eigenvalue weighted by atomic mass is 9.80. The lowest BCUT2D eigenvalue weighted by molar-refractivity contribution is 0.660. The van der Waals surface area contributed by atoms with Crippen LogP contribution in [0.2, 0.25) is 0 Å². The molecule has 0 N–H and O–H groups in total. The van der Waals surface area contributed by atoms with Crippen molar-refractivity contribution in [3.8, 4) is 22.4 Å². The number of nitrogens with zero attached hydrogens (tertiary/aromatic N) is 1. The van der Waals surface area contributed by atoms with E-state index in [-0.39, 0.29) is 5.41 Å². The highest BCUT2D eigenvalue weighted by atomic mass is 14.7. The van der Waals surface area contributed by atoms with E-state index in [4.69, 9.17) is 4.98 Å². The summed E-state index contributed by atoms with van der Waals surface area (Å²) in [7, 11) is 0. The average Bonchev–Trinajstić information content (AvgIpc) is 2.90. The molecule has 1 aliphatic rings. The van der Waals surface area contributed by atoms with Crippen molar-refractivity contribution in [3.63, 3.8) is 0 Å². The van der Waals surface area contributed by atoms with E-state index in [9.17, 15) is 0 Å². The summed E-state index contributed by atoms with van der Waals surface area (Å²) < 4.78 is 0. The van der Waals surface area contributed by atoms with E-state index in [0.717, 1.165) is 11.2 Å². The van der Waals surface area contributed by atoms with Gasteiger partial charge in [-0.1, -0.05) is 55.3 Å². The molecular formula is C28H27N. The molecule has 1 aromatic heterocycles. The standard InChI is InChI=1S/C28H27N/c1-16-11-17(2)13-20(12-16)27-26-25(21-9-7-8-10-23(21)28(26,5)6)22-14-18(3)19(4)15-24(22)29-27/h7-15H,1-6H3. The monoisotopic (exact) mass is 377 g/mol. The predicted octanol–water partition coefficient (Wildman–Crippen LogP) is 7.44. The average molecular weight is 378 g/mol. The van der Waals surface area contributed by atoms with E-state index >= 15 is 0 Å². The van der Waals surface area contributed by atoms with Crippen LogP contribution in [0.25, 0.3) is 33.3 Å². The van der Waals surface area contributed by atoms with E-state index in [1.165, 1.54) is 55.5 Å². The maximum absolute atomic E-state index is 5.28. The molecule has 0 atom stereocenters. The molecule has 0 saturated heterocycles. The van der Waals surface area contributed by atoms with Gasteiger partial charge in [-0.15, -0.1) is 0 Å². The van der Waals surface area contributed by atoms with Gasteiger partial charge in [0.05, 0.1) is 11.2 Å². The van der Waals surface area contributed by atoms with Crippen LogP contribution in [0.5, 0.6) is 0 Å². The number of rotatable bonds is 1. The number of hydrogen-bond acceptors (Lipinski definition) is 1. The van der Waals surface area contributed by atoms with Crippen molar-refractivity contribution in [1.82, 2.24) is 4.98 Å². The Morgan fingerprint density at radius 1 is 0.759 bits per heavy atom. The molecule has 0 saturated carbocycles. The quantitative estimate of drug-likeness (QED) is 0.336. The molecule has 1 nitrogen and oxygen atoms in total. The second kappa shape index (κ2) is 6.03. The topological polar surface area (TPSA) is 12.9 Å². The molecule has 0 amide bonds. The first-order valence-electron chi connectivity index (χ1n) is 10.4. The number of aromatic nitrogens is 1. The lowest BCUT2D eigenvalue weighted by Gasteiger charge is -2.25. The van der Waals surface area contributed by atoms with Crippen molar-refractivity contribution < 1.29 is 0 Å². The Labute approximate surface area is 173 Å². The minimum atomic E-state index is -0.0844. The molecule has 144 valence electrons. The third kappa shape index (κ3) is 2.57. The molecule has 5 rings (SSSR count). The number of fused-ring (bicyclic) bond motifs is 5. The van der Waals surface area contributed by atoms with Crippen LogP contribution in [-0.2, 0) is 5.41 Å². The summed E-state index contributed by atoms with van der Waals surface area (Å²) in [5.41, 5.74) is 14.0. The molecule has 0 aliphatic heterocycles. The van der Waals surface area contributed by atoms with Crippen molar-refractivity contribution in [2.45, 2.75) is 47.0 Å². The highest BCUT2D eigenvalue weighted by molar-refractivity contribution is 6.04. The van der Waals surface area contributed by atoms with E-state index < -0.39 is 0 Å². The van der Waals surface area contributed by atoms with E-state index in [1.807, 2.05) is 0 Å². The molecule has 0 spiro atoms. The highest BCUT2D eigenvalue weighted by Gasteiger charge is 2.39. The van der Waals surface area contributed by atoms with Crippen LogP contribution < -0.4 is 0 Å². The largest absolute Gasteiger partial charge is 0.247 e. The summed E-state index contributed by atoms with van der Waals surface area (Å²) in [5.74, 6) is 0. The number of aryl methyl sites for hydroxylation is 4. The molecule has 29 heavy (non-hydrogen) atoms. The second-order valence-corrected chi connectivity index (χ2v) is 9.21. The predicted molar refractivity (Wildman–Crippen MR) is 124 cm³/mol. The van der Waals surface area contributed by atoms with Crippen molar-refractivity contribution in [1.29, 1.82) is 0 Å². The molecular weight excluding hydrogens is 350 g/mol.